The van der Waals surface area contributed by atoms with Gasteiger partial charge in [-0.1, -0.05) is 18.6 Å². The smallest absolute Gasteiger partial charge is 0.233 e. The molecule has 2 aliphatic heterocycles. The summed E-state index contributed by atoms with van der Waals surface area (Å²) in [6, 6.07) is 1.02. The van der Waals surface area contributed by atoms with Crippen LogP contribution in [0.1, 0.15) is 46.5 Å². The fourth-order valence-corrected chi connectivity index (χ4v) is 5.92. The normalized spacial score (nSPS) is 34.6. The molecule has 6 atom stereocenters. The van der Waals surface area contributed by atoms with Gasteiger partial charge in [-0.05, 0) is 58.4 Å². The van der Waals surface area contributed by atoms with Crippen molar-refractivity contribution in [3.63, 3.8) is 0 Å². The summed E-state index contributed by atoms with van der Waals surface area (Å²) in [4.78, 5) is 34.4. The number of imide groups is 1. The molecule has 1 saturated carbocycles. The van der Waals surface area contributed by atoms with Crippen molar-refractivity contribution in [3.8, 4) is 0 Å². The molecule has 2 amide bonds. The van der Waals surface area contributed by atoms with Crippen LogP contribution in [0.15, 0.2) is 17.1 Å². The summed E-state index contributed by atoms with van der Waals surface area (Å²) >= 11 is 0. The Balaban J connectivity index is 1.28. The zero-order valence-electron chi connectivity index (χ0n) is 18.6. The number of fused-ring (bicyclic) bond motifs is 5. The predicted octanol–water partition coefficient (Wildman–Crippen LogP) is 1.61. The largest absolute Gasteiger partial charge is 0.357 e. The number of likely N-dealkylation sites (tertiary alicyclic amines) is 2. The van der Waals surface area contributed by atoms with Crippen LogP contribution in [0.2, 0.25) is 0 Å². The van der Waals surface area contributed by atoms with Gasteiger partial charge in [-0.15, -0.1) is 0 Å². The Hall–Kier alpha value is -1.89. The lowest BCUT2D eigenvalue weighted by Crippen LogP contribution is -2.46. The fourth-order valence-electron chi connectivity index (χ4n) is 5.92. The Labute approximate surface area is 180 Å². The Morgan fingerprint density at radius 3 is 2.50 bits per heavy atom. The van der Waals surface area contributed by atoms with E-state index < -0.39 is 0 Å². The van der Waals surface area contributed by atoms with Crippen LogP contribution in [0, 0.1) is 23.7 Å². The highest BCUT2D eigenvalue weighted by molar-refractivity contribution is 6.06. The number of nitrogens with one attached hydrogen (secondary N) is 2. The molecule has 6 unspecified atom stereocenters. The molecule has 7 nitrogen and oxygen atoms in total. The zero-order valence-corrected chi connectivity index (χ0v) is 18.6. The summed E-state index contributed by atoms with van der Waals surface area (Å²) in [6.45, 7) is 10.2. The minimum atomic E-state index is -0.109. The van der Waals surface area contributed by atoms with E-state index in [1.807, 2.05) is 6.92 Å². The van der Waals surface area contributed by atoms with Crippen LogP contribution in [-0.4, -0.2) is 72.4 Å². The van der Waals surface area contributed by atoms with Crippen LogP contribution < -0.4 is 10.6 Å². The maximum absolute atomic E-state index is 12.8. The first-order valence-corrected chi connectivity index (χ1v) is 11.8. The fraction of sp³-hybridized carbons (Fsp3) is 0.783. The molecular weight excluding hydrogens is 378 g/mol. The highest BCUT2D eigenvalue weighted by Gasteiger charge is 2.58. The van der Waals surface area contributed by atoms with Gasteiger partial charge in [0.1, 0.15) is 0 Å². The molecule has 2 heterocycles. The van der Waals surface area contributed by atoms with Gasteiger partial charge in [0.15, 0.2) is 5.96 Å². The molecule has 0 spiro atoms. The van der Waals surface area contributed by atoms with Crippen LogP contribution in [0.25, 0.3) is 0 Å². The lowest BCUT2D eigenvalue weighted by atomic mass is 9.85. The standard InChI is InChI=1S/C23H37N5O2/c1-4-24-23(26-14-16(3)27-11-6-5-7-15(27)2)25-10-12-28-21(29)19-17-8-9-18(13-17)20(19)22(28)30/h8-9,15-20H,4-7,10-14H2,1-3H3,(H2,24,25,26). The van der Waals surface area contributed by atoms with E-state index in [0.717, 1.165) is 32.0 Å². The van der Waals surface area contributed by atoms with Gasteiger partial charge in [-0.2, -0.15) is 0 Å². The van der Waals surface area contributed by atoms with Gasteiger partial charge in [-0.3, -0.25) is 24.4 Å². The lowest BCUT2D eigenvalue weighted by Gasteiger charge is -2.37. The molecule has 0 aromatic heterocycles. The van der Waals surface area contributed by atoms with E-state index >= 15 is 0 Å². The molecule has 2 saturated heterocycles. The molecular formula is C23H37N5O2. The minimum absolute atomic E-state index is 0.0262. The Morgan fingerprint density at radius 2 is 1.87 bits per heavy atom. The first-order valence-electron chi connectivity index (χ1n) is 11.8. The van der Waals surface area contributed by atoms with Crippen molar-refractivity contribution in [1.82, 2.24) is 20.4 Å². The Morgan fingerprint density at radius 1 is 1.17 bits per heavy atom. The van der Waals surface area contributed by atoms with Crippen LogP contribution in [0.5, 0.6) is 0 Å². The summed E-state index contributed by atoms with van der Waals surface area (Å²) in [5.41, 5.74) is 0. The number of allylic oxidation sites excluding steroid dienone is 2. The third-order valence-electron chi connectivity index (χ3n) is 7.47. The van der Waals surface area contributed by atoms with Gasteiger partial charge >= 0.3 is 0 Å². The summed E-state index contributed by atoms with van der Waals surface area (Å²) in [6.07, 6.45) is 9.12. The summed E-state index contributed by atoms with van der Waals surface area (Å²) in [7, 11) is 0. The van der Waals surface area contributed by atoms with Gasteiger partial charge < -0.3 is 10.6 Å². The first-order chi connectivity index (χ1) is 14.5. The molecule has 2 bridgehead atoms. The number of carbonyl (C=O) groups excluding carboxylic acids is 2. The van der Waals surface area contributed by atoms with E-state index in [9.17, 15) is 9.59 Å². The third-order valence-corrected chi connectivity index (χ3v) is 7.47. The second-order valence-electron chi connectivity index (χ2n) is 9.41. The number of carbonyl (C=O) groups is 2. The van der Waals surface area contributed by atoms with E-state index in [1.165, 1.54) is 24.2 Å². The zero-order chi connectivity index (χ0) is 21.3. The molecule has 4 aliphatic rings. The summed E-state index contributed by atoms with van der Waals surface area (Å²) < 4.78 is 0. The third kappa shape index (κ3) is 4.01. The van der Waals surface area contributed by atoms with Crippen LogP contribution in [0.4, 0.5) is 0 Å². The van der Waals surface area contributed by atoms with E-state index in [4.69, 9.17) is 4.99 Å². The maximum atomic E-state index is 12.8. The molecule has 30 heavy (non-hydrogen) atoms. The molecule has 2 N–H and O–H groups in total. The minimum Gasteiger partial charge on any atom is -0.357 e. The Bertz CT molecular complexity index is 690. The van der Waals surface area contributed by atoms with Gasteiger partial charge in [0, 0.05) is 31.7 Å². The van der Waals surface area contributed by atoms with Gasteiger partial charge in [0.2, 0.25) is 11.8 Å². The second kappa shape index (κ2) is 9.08. The van der Waals surface area contributed by atoms with E-state index in [2.05, 4.69) is 41.5 Å². The average molecular weight is 416 g/mol. The molecule has 0 aromatic rings. The highest BCUT2D eigenvalue weighted by atomic mass is 16.2. The lowest BCUT2D eigenvalue weighted by molar-refractivity contribution is -0.140. The van der Waals surface area contributed by atoms with Gasteiger partial charge in [0.25, 0.3) is 0 Å². The highest BCUT2D eigenvalue weighted by Crippen LogP contribution is 2.52. The van der Waals surface area contributed by atoms with Crippen LogP contribution >= 0.6 is 0 Å². The van der Waals surface area contributed by atoms with Crippen molar-refractivity contribution in [2.45, 2.75) is 58.5 Å². The maximum Gasteiger partial charge on any atom is 0.233 e. The predicted molar refractivity (Wildman–Crippen MR) is 118 cm³/mol. The number of nitrogens with zero attached hydrogens (tertiary/aromatic N) is 3. The van der Waals surface area contributed by atoms with E-state index in [0.29, 0.717) is 25.2 Å². The van der Waals surface area contributed by atoms with Crippen molar-refractivity contribution < 1.29 is 9.59 Å². The van der Waals surface area contributed by atoms with Gasteiger partial charge in [-0.25, -0.2) is 0 Å². The van der Waals surface area contributed by atoms with Crippen LogP contribution in [0.3, 0.4) is 0 Å². The first kappa shape index (κ1) is 21.3. The van der Waals surface area contributed by atoms with Crippen molar-refractivity contribution in [1.29, 1.82) is 0 Å². The monoisotopic (exact) mass is 415 g/mol. The number of aliphatic imine (C=N–C) groups is 1. The number of hydrogen-bond acceptors (Lipinski definition) is 4. The van der Waals surface area contributed by atoms with E-state index in [1.54, 1.807) is 0 Å². The topological polar surface area (TPSA) is 77.0 Å². The molecule has 3 fully saturated rings. The molecule has 0 radical (unpaired) electrons. The summed E-state index contributed by atoms with van der Waals surface area (Å²) in [5.74, 6) is 1.13. The molecule has 166 valence electrons. The quantitative estimate of drug-likeness (QED) is 0.286. The average Bonchev–Trinajstić information content (AvgIpc) is 3.41. The molecule has 0 aromatic carbocycles. The molecule has 4 rings (SSSR count). The molecule has 7 heteroatoms. The van der Waals surface area contributed by atoms with Gasteiger partial charge in [0.05, 0.1) is 18.4 Å². The van der Waals surface area contributed by atoms with Crippen LogP contribution in [-0.2, 0) is 9.59 Å². The van der Waals surface area contributed by atoms with Crippen molar-refractivity contribution in [3.05, 3.63) is 12.2 Å². The van der Waals surface area contributed by atoms with Crippen molar-refractivity contribution in [2.75, 3.05) is 32.7 Å². The van der Waals surface area contributed by atoms with Crippen molar-refractivity contribution >= 4 is 17.8 Å². The number of hydrogen-bond donors (Lipinski definition) is 2. The van der Waals surface area contributed by atoms with E-state index in [-0.39, 0.29) is 35.5 Å². The number of piperidine rings is 1. The second-order valence-corrected chi connectivity index (χ2v) is 9.41. The van der Waals surface area contributed by atoms with Crippen molar-refractivity contribution in [2.24, 2.45) is 28.7 Å². The number of rotatable bonds is 7. The summed E-state index contributed by atoms with van der Waals surface area (Å²) in [5, 5.41) is 6.61. The number of amides is 2. The Kier molecular flexibility index (Phi) is 6.46. The molecule has 2 aliphatic carbocycles. The SMILES string of the molecule is CCNC(=NCC(C)N1CCCCC1C)NCCN1C(=O)C2C3C=CC(C3)C2C1=O. The number of guanidine groups is 1.